The zero-order valence-corrected chi connectivity index (χ0v) is 17.0. The quantitative estimate of drug-likeness (QED) is 0.607. The second-order valence-electron chi connectivity index (χ2n) is 7.97. The Balaban J connectivity index is 1.26. The van der Waals surface area contributed by atoms with E-state index in [-0.39, 0.29) is 5.78 Å². The Morgan fingerprint density at radius 3 is 2.55 bits per heavy atom. The smallest absolute Gasteiger partial charge is 0.188 e. The van der Waals surface area contributed by atoms with Gasteiger partial charge < -0.3 is 19.9 Å². The van der Waals surface area contributed by atoms with Crippen LogP contribution in [-0.4, -0.2) is 41.7 Å². The highest BCUT2D eigenvalue weighted by Crippen LogP contribution is 2.24. The number of carbonyl (C=O) groups is 1. The van der Waals surface area contributed by atoms with Gasteiger partial charge in [-0.15, -0.1) is 0 Å². The number of fused-ring (bicyclic) bond motifs is 1. The van der Waals surface area contributed by atoms with E-state index in [4.69, 9.17) is 5.11 Å². The molecule has 1 saturated heterocycles. The van der Waals surface area contributed by atoms with Crippen molar-refractivity contribution in [1.29, 1.82) is 0 Å². The summed E-state index contributed by atoms with van der Waals surface area (Å²) in [5.74, 6) is 0.462. The second-order valence-corrected chi connectivity index (χ2v) is 7.97. The van der Waals surface area contributed by atoms with Crippen molar-refractivity contribution in [1.82, 2.24) is 9.88 Å². The third-order valence-electron chi connectivity index (χ3n) is 6.04. The summed E-state index contributed by atoms with van der Waals surface area (Å²) in [6.07, 6.45) is 4.56. The van der Waals surface area contributed by atoms with Crippen LogP contribution in [0.25, 0.3) is 10.9 Å². The fourth-order valence-corrected chi connectivity index (χ4v) is 4.32. The first-order valence-corrected chi connectivity index (χ1v) is 10.4. The summed E-state index contributed by atoms with van der Waals surface area (Å²) in [6, 6.07) is 16.2. The first kappa shape index (κ1) is 19.7. The Morgan fingerprint density at radius 1 is 1.10 bits per heavy atom. The molecule has 0 atom stereocenters. The molecule has 0 amide bonds. The highest BCUT2D eigenvalue weighted by molar-refractivity contribution is 5.97. The van der Waals surface area contributed by atoms with Crippen LogP contribution in [0.5, 0.6) is 0 Å². The molecule has 2 heterocycles. The minimum Gasteiger partial charge on any atom is -0.388 e. The van der Waals surface area contributed by atoms with Gasteiger partial charge in [0.1, 0.15) is 6.61 Å². The van der Waals surface area contributed by atoms with Crippen molar-refractivity contribution >= 4 is 22.4 Å². The van der Waals surface area contributed by atoms with E-state index >= 15 is 0 Å². The Hall–Kier alpha value is -2.63. The van der Waals surface area contributed by atoms with Gasteiger partial charge in [-0.05, 0) is 61.2 Å². The summed E-state index contributed by atoms with van der Waals surface area (Å²) >= 11 is 0. The summed E-state index contributed by atoms with van der Waals surface area (Å²) < 4.78 is 2.20. The Kier molecular flexibility index (Phi) is 5.97. The number of benzene rings is 2. The van der Waals surface area contributed by atoms with Crippen LogP contribution in [0, 0.1) is 5.92 Å². The van der Waals surface area contributed by atoms with Gasteiger partial charge in [0.2, 0.25) is 0 Å². The molecule has 0 spiro atoms. The first-order chi connectivity index (χ1) is 14.2. The van der Waals surface area contributed by atoms with Crippen LogP contribution in [0.15, 0.2) is 54.7 Å². The van der Waals surface area contributed by atoms with Crippen molar-refractivity contribution in [2.24, 2.45) is 13.0 Å². The van der Waals surface area contributed by atoms with Gasteiger partial charge in [0.15, 0.2) is 5.78 Å². The summed E-state index contributed by atoms with van der Waals surface area (Å²) in [5.41, 5.74) is 4.37. The van der Waals surface area contributed by atoms with Crippen molar-refractivity contribution in [3.63, 3.8) is 0 Å². The molecule has 152 valence electrons. The molecule has 4 rings (SSSR count). The fourth-order valence-electron chi connectivity index (χ4n) is 4.32. The van der Waals surface area contributed by atoms with Gasteiger partial charge in [-0.25, -0.2) is 0 Å². The summed E-state index contributed by atoms with van der Waals surface area (Å²) in [5, 5.41) is 14.0. The van der Waals surface area contributed by atoms with Crippen LogP contribution in [0.4, 0.5) is 5.69 Å². The predicted molar refractivity (Wildman–Crippen MR) is 117 cm³/mol. The number of ketones is 1. The first-order valence-electron chi connectivity index (χ1n) is 10.4. The lowest BCUT2D eigenvalue weighted by Gasteiger charge is -2.33. The molecule has 2 aromatic carbocycles. The highest BCUT2D eigenvalue weighted by atomic mass is 16.3. The number of rotatable bonds is 7. The number of carbonyl (C=O) groups excluding carboxylic acids is 1. The normalized spacial score (nSPS) is 15.2. The Morgan fingerprint density at radius 2 is 1.83 bits per heavy atom. The summed E-state index contributed by atoms with van der Waals surface area (Å²) in [7, 11) is 2.10. The van der Waals surface area contributed by atoms with Crippen molar-refractivity contribution in [2.45, 2.75) is 19.4 Å². The van der Waals surface area contributed by atoms with Crippen molar-refractivity contribution in [2.75, 3.05) is 31.1 Å². The number of aromatic nitrogens is 1. The molecule has 0 bridgehead atoms. The zero-order chi connectivity index (χ0) is 20.2. The Bertz CT molecular complexity index is 969. The second kappa shape index (κ2) is 8.80. The van der Waals surface area contributed by atoms with Gasteiger partial charge in [-0.2, -0.15) is 0 Å². The van der Waals surface area contributed by atoms with E-state index in [0.717, 1.165) is 31.9 Å². The van der Waals surface area contributed by atoms with Gasteiger partial charge in [-0.3, -0.25) is 4.79 Å². The molecule has 5 heteroatoms. The number of Topliss-reactive ketones (excluding diaryl/α,β-unsaturated/α-hetero) is 1. The van der Waals surface area contributed by atoms with Crippen LogP contribution in [0.3, 0.4) is 0 Å². The van der Waals surface area contributed by atoms with Gasteiger partial charge >= 0.3 is 0 Å². The number of hydrogen-bond acceptors (Lipinski definition) is 4. The van der Waals surface area contributed by atoms with Crippen LogP contribution < -0.4 is 10.2 Å². The third-order valence-corrected chi connectivity index (χ3v) is 6.04. The molecule has 2 N–H and O–H groups in total. The number of para-hydroxylation sites is 1. The molecular formula is C24H29N3O2. The van der Waals surface area contributed by atoms with Crippen LogP contribution in [0.2, 0.25) is 0 Å². The van der Waals surface area contributed by atoms with Crippen molar-refractivity contribution < 1.29 is 9.90 Å². The lowest BCUT2D eigenvalue weighted by atomic mass is 9.96. The average molecular weight is 392 g/mol. The molecule has 0 aliphatic carbocycles. The SMILES string of the molecule is Cn1cc(CNCC2CCN(c3ccc(C(=O)CO)cc3)CC2)c2ccccc21. The zero-order valence-electron chi connectivity index (χ0n) is 17.0. The predicted octanol–water partition coefficient (Wildman–Crippen LogP) is 3.36. The van der Waals surface area contributed by atoms with E-state index in [1.54, 1.807) is 0 Å². The van der Waals surface area contributed by atoms with Crippen LogP contribution >= 0.6 is 0 Å². The van der Waals surface area contributed by atoms with E-state index < -0.39 is 6.61 Å². The van der Waals surface area contributed by atoms with Crippen molar-refractivity contribution in [3.8, 4) is 0 Å². The molecule has 0 unspecified atom stereocenters. The minimum absolute atomic E-state index is 0.229. The summed E-state index contributed by atoms with van der Waals surface area (Å²) in [6.45, 7) is 3.58. The van der Waals surface area contributed by atoms with E-state index in [0.29, 0.717) is 11.5 Å². The van der Waals surface area contributed by atoms with Gasteiger partial charge in [0, 0.05) is 55.0 Å². The number of aliphatic hydroxyl groups excluding tert-OH is 1. The number of hydrogen-bond donors (Lipinski definition) is 2. The number of aliphatic hydroxyl groups is 1. The van der Waals surface area contributed by atoms with E-state index in [9.17, 15) is 4.79 Å². The molecule has 0 radical (unpaired) electrons. The third kappa shape index (κ3) is 4.36. The number of aryl methyl sites for hydroxylation is 1. The lowest BCUT2D eigenvalue weighted by Crippen LogP contribution is -2.37. The number of piperidine rings is 1. The highest BCUT2D eigenvalue weighted by Gasteiger charge is 2.19. The van der Waals surface area contributed by atoms with Gasteiger partial charge in [0.05, 0.1) is 0 Å². The molecular weight excluding hydrogens is 362 g/mol. The molecule has 1 aliphatic rings. The summed E-state index contributed by atoms with van der Waals surface area (Å²) in [4.78, 5) is 13.9. The van der Waals surface area contributed by atoms with Crippen LogP contribution in [0.1, 0.15) is 28.8 Å². The maximum atomic E-state index is 11.5. The Labute approximate surface area is 171 Å². The maximum Gasteiger partial charge on any atom is 0.188 e. The molecule has 1 aromatic heterocycles. The maximum absolute atomic E-state index is 11.5. The largest absolute Gasteiger partial charge is 0.388 e. The average Bonchev–Trinajstić information content (AvgIpc) is 3.10. The minimum atomic E-state index is -0.434. The lowest BCUT2D eigenvalue weighted by molar-refractivity contribution is 0.0904. The topological polar surface area (TPSA) is 57.5 Å². The molecule has 5 nitrogen and oxygen atoms in total. The number of nitrogens with one attached hydrogen (secondary N) is 1. The van der Waals surface area contributed by atoms with Gasteiger partial charge in [-0.1, -0.05) is 18.2 Å². The fraction of sp³-hybridized carbons (Fsp3) is 0.375. The van der Waals surface area contributed by atoms with E-state index in [1.807, 2.05) is 24.3 Å². The molecule has 3 aromatic rings. The standard InChI is InChI=1S/C24H29N3O2/c1-26-16-20(22-4-2-3-5-23(22)26)15-25-14-18-10-12-27(13-11-18)21-8-6-19(7-9-21)24(29)17-28/h2-9,16,18,25,28H,10-15,17H2,1H3. The number of nitrogens with zero attached hydrogens (tertiary/aromatic N) is 2. The molecule has 1 aliphatic heterocycles. The van der Waals surface area contributed by atoms with Gasteiger partial charge in [0.25, 0.3) is 0 Å². The molecule has 1 fully saturated rings. The molecule has 29 heavy (non-hydrogen) atoms. The molecule has 0 saturated carbocycles. The van der Waals surface area contributed by atoms with Crippen LogP contribution in [-0.2, 0) is 13.6 Å². The van der Waals surface area contributed by atoms with Crippen molar-refractivity contribution in [3.05, 3.63) is 65.9 Å². The monoisotopic (exact) mass is 391 g/mol. The number of anilines is 1. The van der Waals surface area contributed by atoms with E-state index in [2.05, 4.69) is 52.3 Å². The van der Waals surface area contributed by atoms with E-state index in [1.165, 1.54) is 29.3 Å².